The average Bonchev–Trinajstić information content (AvgIpc) is 2.53. The summed E-state index contributed by atoms with van der Waals surface area (Å²) < 4.78 is 0. The van der Waals surface area contributed by atoms with Crippen LogP contribution in [0.2, 0.25) is 0 Å². The number of nitrogens with one attached hydrogen (secondary N) is 1. The molecule has 0 radical (unpaired) electrons. The molecule has 5 nitrogen and oxygen atoms in total. The molecule has 0 aliphatic heterocycles. The molecule has 0 saturated carbocycles. The van der Waals surface area contributed by atoms with Crippen molar-refractivity contribution in [3.63, 3.8) is 0 Å². The van der Waals surface area contributed by atoms with Crippen LogP contribution in [0.5, 0.6) is 0 Å². The summed E-state index contributed by atoms with van der Waals surface area (Å²) in [6, 6.07) is 7.93. The fourth-order valence-corrected chi connectivity index (χ4v) is 2.05. The van der Waals surface area contributed by atoms with Gasteiger partial charge in [-0.15, -0.1) is 0 Å². The standard InChI is InChI=1S/C17H22N4O/c1-11(2)13-4-6-14(7-5-13)15(18)9-21-17(22)16-10-19-12(3)8-20-16/h4-8,10-11,15H,9,18H2,1-3H3,(H,21,22). The van der Waals surface area contributed by atoms with E-state index in [1.54, 1.807) is 6.20 Å². The summed E-state index contributed by atoms with van der Waals surface area (Å²) >= 11 is 0. The molecule has 1 amide bonds. The Kier molecular flexibility index (Phi) is 5.22. The zero-order valence-corrected chi connectivity index (χ0v) is 13.2. The molecule has 0 aliphatic carbocycles. The molecule has 22 heavy (non-hydrogen) atoms. The number of nitrogens with zero attached hydrogens (tertiary/aromatic N) is 2. The molecule has 0 aliphatic rings. The molecule has 0 fully saturated rings. The molecule has 1 aromatic heterocycles. The number of nitrogens with two attached hydrogens (primary N) is 1. The molecule has 1 atom stereocenters. The smallest absolute Gasteiger partial charge is 0.271 e. The van der Waals surface area contributed by atoms with E-state index < -0.39 is 0 Å². The molecule has 1 unspecified atom stereocenters. The minimum atomic E-state index is -0.262. The van der Waals surface area contributed by atoms with Crippen molar-refractivity contribution in [3.8, 4) is 0 Å². The SMILES string of the molecule is Cc1cnc(C(=O)NCC(N)c2ccc(C(C)C)cc2)cn1. The quantitative estimate of drug-likeness (QED) is 0.887. The predicted molar refractivity (Wildman–Crippen MR) is 86.6 cm³/mol. The van der Waals surface area contributed by atoms with E-state index in [1.807, 2.05) is 19.1 Å². The summed E-state index contributed by atoms with van der Waals surface area (Å²) in [5.74, 6) is 0.229. The number of hydrogen-bond acceptors (Lipinski definition) is 4. The van der Waals surface area contributed by atoms with Crippen LogP contribution < -0.4 is 11.1 Å². The van der Waals surface area contributed by atoms with Crippen molar-refractivity contribution in [1.29, 1.82) is 0 Å². The summed E-state index contributed by atoms with van der Waals surface area (Å²) in [7, 11) is 0. The molecule has 0 spiro atoms. The number of hydrogen-bond donors (Lipinski definition) is 2. The van der Waals surface area contributed by atoms with Gasteiger partial charge in [-0.1, -0.05) is 38.1 Å². The van der Waals surface area contributed by atoms with E-state index in [0.717, 1.165) is 11.3 Å². The summed E-state index contributed by atoms with van der Waals surface area (Å²) in [6.07, 6.45) is 3.03. The van der Waals surface area contributed by atoms with Gasteiger partial charge in [-0.3, -0.25) is 9.78 Å². The molecule has 1 heterocycles. The highest BCUT2D eigenvalue weighted by Crippen LogP contribution is 2.17. The molecule has 0 bridgehead atoms. The van der Waals surface area contributed by atoms with Gasteiger partial charge in [-0.05, 0) is 24.0 Å². The lowest BCUT2D eigenvalue weighted by Gasteiger charge is -2.14. The lowest BCUT2D eigenvalue weighted by molar-refractivity contribution is 0.0946. The fraction of sp³-hybridized carbons (Fsp3) is 0.353. The van der Waals surface area contributed by atoms with Crippen molar-refractivity contribution in [2.75, 3.05) is 6.54 Å². The molecular formula is C17H22N4O. The van der Waals surface area contributed by atoms with Crippen LogP contribution >= 0.6 is 0 Å². The van der Waals surface area contributed by atoms with E-state index in [2.05, 4.69) is 41.3 Å². The van der Waals surface area contributed by atoms with E-state index in [-0.39, 0.29) is 11.9 Å². The molecule has 116 valence electrons. The third kappa shape index (κ3) is 4.11. The summed E-state index contributed by atoms with van der Waals surface area (Å²) in [5, 5.41) is 2.79. The van der Waals surface area contributed by atoms with E-state index in [1.165, 1.54) is 11.8 Å². The summed E-state index contributed by atoms with van der Waals surface area (Å²) in [6.45, 7) is 6.48. The predicted octanol–water partition coefficient (Wildman–Crippen LogP) is 2.34. The number of rotatable bonds is 5. The molecule has 0 saturated heterocycles. The molecular weight excluding hydrogens is 276 g/mol. The zero-order valence-electron chi connectivity index (χ0n) is 13.2. The number of aromatic nitrogens is 2. The second kappa shape index (κ2) is 7.13. The van der Waals surface area contributed by atoms with Crippen molar-refractivity contribution < 1.29 is 4.79 Å². The fourth-order valence-electron chi connectivity index (χ4n) is 2.05. The number of benzene rings is 1. The largest absolute Gasteiger partial charge is 0.349 e. The van der Waals surface area contributed by atoms with Crippen LogP contribution in [0.25, 0.3) is 0 Å². The third-order valence-electron chi connectivity index (χ3n) is 3.53. The van der Waals surface area contributed by atoms with Gasteiger partial charge in [0, 0.05) is 18.8 Å². The third-order valence-corrected chi connectivity index (χ3v) is 3.53. The number of amides is 1. The minimum absolute atomic E-state index is 0.247. The molecule has 5 heteroatoms. The van der Waals surface area contributed by atoms with Crippen molar-refractivity contribution in [3.05, 3.63) is 59.2 Å². The summed E-state index contributed by atoms with van der Waals surface area (Å²) in [5.41, 5.74) is 9.47. The van der Waals surface area contributed by atoms with Crippen LogP contribution in [0.15, 0.2) is 36.7 Å². The Balaban J connectivity index is 1.93. The van der Waals surface area contributed by atoms with Crippen LogP contribution in [-0.4, -0.2) is 22.4 Å². The van der Waals surface area contributed by atoms with Gasteiger partial charge < -0.3 is 11.1 Å². The maximum Gasteiger partial charge on any atom is 0.271 e. The first kappa shape index (κ1) is 16.1. The topological polar surface area (TPSA) is 80.9 Å². The Labute approximate surface area is 131 Å². The zero-order chi connectivity index (χ0) is 16.1. The van der Waals surface area contributed by atoms with Crippen LogP contribution in [0, 0.1) is 6.92 Å². The second-order valence-corrected chi connectivity index (χ2v) is 5.68. The monoisotopic (exact) mass is 298 g/mol. The highest BCUT2D eigenvalue weighted by Gasteiger charge is 2.11. The number of carbonyl (C=O) groups is 1. The highest BCUT2D eigenvalue weighted by atomic mass is 16.1. The Morgan fingerprint density at radius 2 is 1.77 bits per heavy atom. The number of carbonyl (C=O) groups excluding carboxylic acids is 1. The van der Waals surface area contributed by atoms with Crippen molar-refractivity contribution in [2.45, 2.75) is 32.7 Å². The molecule has 3 N–H and O–H groups in total. The van der Waals surface area contributed by atoms with Crippen molar-refractivity contribution in [2.24, 2.45) is 5.73 Å². The van der Waals surface area contributed by atoms with Gasteiger partial charge in [0.25, 0.3) is 5.91 Å². The van der Waals surface area contributed by atoms with Crippen LogP contribution in [0.1, 0.15) is 53.1 Å². The van der Waals surface area contributed by atoms with Gasteiger partial charge in [-0.2, -0.15) is 0 Å². The minimum Gasteiger partial charge on any atom is -0.349 e. The van der Waals surface area contributed by atoms with Gasteiger partial charge in [0.2, 0.25) is 0 Å². The van der Waals surface area contributed by atoms with Crippen LogP contribution in [-0.2, 0) is 0 Å². The Morgan fingerprint density at radius 1 is 1.14 bits per heavy atom. The lowest BCUT2D eigenvalue weighted by Crippen LogP contribution is -2.32. The van der Waals surface area contributed by atoms with E-state index >= 15 is 0 Å². The van der Waals surface area contributed by atoms with Gasteiger partial charge >= 0.3 is 0 Å². The first-order valence-corrected chi connectivity index (χ1v) is 7.39. The summed E-state index contributed by atoms with van der Waals surface area (Å²) in [4.78, 5) is 20.1. The van der Waals surface area contributed by atoms with Gasteiger partial charge in [0.15, 0.2) is 0 Å². The van der Waals surface area contributed by atoms with E-state index in [4.69, 9.17) is 5.73 Å². The van der Waals surface area contributed by atoms with Crippen molar-refractivity contribution >= 4 is 5.91 Å². The maximum atomic E-state index is 12.0. The van der Waals surface area contributed by atoms with E-state index in [0.29, 0.717) is 18.2 Å². The first-order valence-electron chi connectivity index (χ1n) is 7.39. The van der Waals surface area contributed by atoms with Crippen LogP contribution in [0.3, 0.4) is 0 Å². The van der Waals surface area contributed by atoms with Gasteiger partial charge in [0.1, 0.15) is 5.69 Å². The molecule has 2 rings (SSSR count). The first-order chi connectivity index (χ1) is 10.5. The number of aryl methyl sites for hydroxylation is 1. The normalized spacial score (nSPS) is 12.2. The average molecular weight is 298 g/mol. The van der Waals surface area contributed by atoms with Crippen molar-refractivity contribution in [1.82, 2.24) is 15.3 Å². The highest BCUT2D eigenvalue weighted by molar-refractivity contribution is 5.91. The van der Waals surface area contributed by atoms with Gasteiger partial charge in [-0.25, -0.2) is 4.98 Å². The lowest BCUT2D eigenvalue weighted by atomic mass is 9.99. The maximum absolute atomic E-state index is 12.0. The van der Waals surface area contributed by atoms with E-state index in [9.17, 15) is 4.79 Å². The second-order valence-electron chi connectivity index (χ2n) is 5.68. The Morgan fingerprint density at radius 3 is 2.32 bits per heavy atom. The molecule has 1 aromatic carbocycles. The van der Waals surface area contributed by atoms with Gasteiger partial charge in [0.05, 0.1) is 11.9 Å². The van der Waals surface area contributed by atoms with Crippen LogP contribution in [0.4, 0.5) is 0 Å². The Hall–Kier alpha value is -2.27. The molecule has 2 aromatic rings. The Bertz CT molecular complexity index is 620.